The summed E-state index contributed by atoms with van der Waals surface area (Å²) in [6.45, 7) is 4.33. The first-order valence-corrected chi connectivity index (χ1v) is 5.79. The maximum atomic E-state index is 5.90. The maximum absolute atomic E-state index is 5.90. The standard InChI is InChI=1S/C12H17ClN2.ClH/c1-9(15-7-6-12(14)8-15)10-2-4-11(13)5-3-10;/h2-5,9,12H,6-8,14H2,1H3;1H/t9?,12-;/m1./s1. The van der Waals surface area contributed by atoms with Crippen molar-refractivity contribution < 1.29 is 0 Å². The van der Waals surface area contributed by atoms with Crippen molar-refractivity contribution in [2.45, 2.75) is 25.4 Å². The van der Waals surface area contributed by atoms with Crippen molar-refractivity contribution in [3.8, 4) is 0 Å². The van der Waals surface area contributed by atoms with Gasteiger partial charge in [-0.3, -0.25) is 4.90 Å². The Morgan fingerprint density at radius 3 is 2.50 bits per heavy atom. The summed E-state index contributed by atoms with van der Waals surface area (Å²) in [6.07, 6.45) is 1.11. The lowest BCUT2D eigenvalue weighted by Gasteiger charge is -2.24. The van der Waals surface area contributed by atoms with E-state index in [-0.39, 0.29) is 12.4 Å². The van der Waals surface area contributed by atoms with Crippen LogP contribution in [0.1, 0.15) is 24.9 Å². The molecule has 1 unspecified atom stereocenters. The van der Waals surface area contributed by atoms with Gasteiger partial charge in [0.05, 0.1) is 0 Å². The third kappa shape index (κ3) is 3.11. The van der Waals surface area contributed by atoms with E-state index in [0.29, 0.717) is 12.1 Å². The molecule has 2 N–H and O–H groups in total. The van der Waals surface area contributed by atoms with E-state index >= 15 is 0 Å². The second kappa shape index (κ2) is 5.87. The lowest BCUT2D eigenvalue weighted by molar-refractivity contribution is 0.260. The van der Waals surface area contributed by atoms with E-state index in [0.717, 1.165) is 24.5 Å². The molecule has 0 aromatic heterocycles. The van der Waals surface area contributed by atoms with Gasteiger partial charge in [-0.25, -0.2) is 0 Å². The highest BCUT2D eigenvalue weighted by molar-refractivity contribution is 6.30. The molecule has 1 aliphatic heterocycles. The van der Waals surface area contributed by atoms with E-state index < -0.39 is 0 Å². The third-order valence-electron chi connectivity index (χ3n) is 3.16. The van der Waals surface area contributed by atoms with E-state index in [1.807, 2.05) is 12.1 Å². The first kappa shape index (κ1) is 13.8. The molecule has 2 atom stereocenters. The van der Waals surface area contributed by atoms with Crippen LogP contribution in [0.15, 0.2) is 24.3 Å². The molecule has 1 aromatic rings. The Kier molecular flexibility index (Phi) is 5.06. The van der Waals surface area contributed by atoms with Gasteiger partial charge in [0.1, 0.15) is 0 Å². The van der Waals surface area contributed by atoms with Crippen LogP contribution in [-0.4, -0.2) is 24.0 Å². The number of halogens is 2. The number of rotatable bonds is 2. The molecule has 0 spiro atoms. The van der Waals surface area contributed by atoms with Crippen LogP contribution in [0.25, 0.3) is 0 Å². The third-order valence-corrected chi connectivity index (χ3v) is 3.41. The zero-order valence-electron chi connectivity index (χ0n) is 9.40. The highest BCUT2D eigenvalue weighted by Crippen LogP contribution is 2.24. The molecular formula is C12H18Cl2N2. The Hall–Kier alpha value is -0.280. The lowest BCUT2D eigenvalue weighted by atomic mass is 10.1. The highest BCUT2D eigenvalue weighted by Gasteiger charge is 2.24. The van der Waals surface area contributed by atoms with Gasteiger partial charge in [0, 0.05) is 30.2 Å². The van der Waals surface area contributed by atoms with Gasteiger partial charge in [0.15, 0.2) is 0 Å². The van der Waals surface area contributed by atoms with Crippen LogP contribution in [-0.2, 0) is 0 Å². The Morgan fingerprint density at radius 1 is 1.38 bits per heavy atom. The summed E-state index contributed by atoms with van der Waals surface area (Å²) in [4.78, 5) is 2.42. The Labute approximate surface area is 108 Å². The summed E-state index contributed by atoms with van der Waals surface area (Å²) in [5.74, 6) is 0. The zero-order chi connectivity index (χ0) is 10.8. The van der Waals surface area contributed by atoms with Gasteiger partial charge >= 0.3 is 0 Å². The van der Waals surface area contributed by atoms with E-state index in [4.69, 9.17) is 17.3 Å². The molecule has 90 valence electrons. The van der Waals surface area contributed by atoms with Gasteiger partial charge in [-0.2, -0.15) is 0 Å². The first-order valence-electron chi connectivity index (χ1n) is 5.42. The predicted molar refractivity (Wildman–Crippen MR) is 71.3 cm³/mol. The first-order chi connectivity index (χ1) is 7.16. The molecule has 1 saturated heterocycles. The van der Waals surface area contributed by atoms with Gasteiger partial charge in [0.2, 0.25) is 0 Å². The SMILES string of the molecule is CC(c1ccc(Cl)cc1)N1CC[C@@H](N)C1.Cl. The van der Waals surface area contributed by atoms with Crippen molar-refractivity contribution in [2.24, 2.45) is 5.73 Å². The van der Waals surface area contributed by atoms with Crippen molar-refractivity contribution in [1.82, 2.24) is 4.90 Å². The lowest BCUT2D eigenvalue weighted by Crippen LogP contribution is -2.28. The maximum Gasteiger partial charge on any atom is 0.0406 e. The number of likely N-dealkylation sites (tertiary alicyclic amines) is 1. The summed E-state index contributed by atoms with van der Waals surface area (Å²) in [5.41, 5.74) is 7.22. The molecule has 2 rings (SSSR count). The molecule has 16 heavy (non-hydrogen) atoms. The number of nitrogens with zero attached hydrogens (tertiary/aromatic N) is 1. The molecule has 0 amide bonds. The van der Waals surface area contributed by atoms with Crippen LogP contribution in [0.4, 0.5) is 0 Å². The van der Waals surface area contributed by atoms with Crippen molar-refractivity contribution >= 4 is 24.0 Å². The number of hydrogen-bond acceptors (Lipinski definition) is 2. The Balaban J connectivity index is 0.00000128. The van der Waals surface area contributed by atoms with E-state index in [9.17, 15) is 0 Å². The van der Waals surface area contributed by atoms with Gasteiger partial charge < -0.3 is 5.73 Å². The van der Waals surface area contributed by atoms with Gasteiger partial charge in [0.25, 0.3) is 0 Å². The predicted octanol–water partition coefficient (Wildman–Crippen LogP) is 2.86. The smallest absolute Gasteiger partial charge is 0.0406 e. The molecule has 1 aliphatic rings. The largest absolute Gasteiger partial charge is 0.326 e. The van der Waals surface area contributed by atoms with Crippen molar-refractivity contribution in [3.63, 3.8) is 0 Å². The normalized spacial score (nSPS) is 22.8. The summed E-state index contributed by atoms with van der Waals surface area (Å²) in [5, 5.41) is 0.795. The van der Waals surface area contributed by atoms with E-state index in [1.165, 1.54) is 5.56 Å². The minimum atomic E-state index is 0. The summed E-state index contributed by atoms with van der Waals surface area (Å²) in [7, 11) is 0. The van der Waals surface area contributed by atoms with E-state index in [1.54, 1.807) is 0 Å². The van der Waals surface area contributed by atoms with Crippen molar-refractivity contribution in [3.05, 3.63) is 34.9 Å². The van der Waals surface area contributed by atoms with Crippen molar-refractivity contribution in [1.29, 1.82) is 0 Å². The van der Waals surface area contributed by atoms with Crippen LogP contribution >= 0.6 is 24.0 Å². The van der Waals surface area contributed by atoms with Gasteiger partial charge in [-0.1, -0.05) is 23.7 Å². The molecular weight excluding hydrogens is 243 g/mol. The van der Waals surface area contributed by atoms with Crippen LogP contribution in [0.5, 0.6) is 0 Å². The topological polar surface area (TPSA) is 29.3 Å². The molecule has 0 bridgehead atoms. The van der Waals surface area contributed by atoms with Gasteiger partial charge in [-0.05, 0) is 31.0 Å². The monoisotopic (exact) mass is 260 g/mol. The minimum Gasteiger partial charge on any atom is -0.326 e. The molecule has 2 nitrogen and oxygen atoms in total. The second-order valence-corrected chi connectivity index (χ2v) is 4.71. The van der Waals surface area contributed by atoms with Crippen molar-refractivity contribution in [2.75, 3.05) is 13.1 Å². The van der Waals surface area contributed by atoms with Gasteiger partial charge in [-0.15, -0.1) is 12.4 Å². The molecule has 4 heteroatoms. The molecule has 1 fully saturated rings. The second-order valence-electron chi connectivity index (χ2n) is 4.27. The highest BCUT2D eigenvalue weighted by atomic mass is 35.5. The van der Waals surface area contributed by atoms with Crippen LogP contribution in [0, 0.1) is 0 Å². The molecule has 1 aromatic carbocycles. The Morgan fingerprint density at radius 2 is 2.00 bits per heavy atom. The fraction of sp³-hybridized carbons (Fsp3) is 0.500. The molecule has 0 aliphatic carbocycles. The number of hydrogen-bond donors (Lipinski definition) is 1. The zero-order valence-corrected chi connectivity index (χ0v) is 11.0. The fourth-order valence-corrected chi connectivity index (χ4v) is 2.25. The molecule has 0 saturated carbocycles. The average Bonchev–Trinajstić information content (AvgIpc) is 2.65. The summed E-state index contributed by atoms with van der Waals surface area (Å²) < 4.78 is 0. The van der Waals surface area contributed by atoms with Crippen LogP contribution in [0.3, 0.4) is 0 Å². The molecule has 1 heterocycles. The summed E-state index contributed by atoms with van der Waals surface area (Å²) >= 11 is 5.87. The quantitative estimate of drug-likeness (QED) is 0.887. The average molecular weight is 261 g/mol. The minimum absolute atomic E-state index is 0. The van der Waals surface area contributed by atoms with Crippen LogP contribution < -0.4 is 5.73 Å². The number of benzene rings is 1. The number of nitrogens with two attached hydrogens (primary N) is 1. The molecule has 0 radical (unpaired) electrons. The summed E-state index contributed by atoms with van der Waals surface area (Å²) in [6, 6.07) is 8.87. The Bertz CT molecular complexity index is 326. The van der Waals surface area contributed by atoms with E-state index in [2.05, 4.69) is 24.0 Å². The fourth-order valence-electron chi connectivity index (χ4n) is 2.12. The van der Waals surface area contributed by atoms with Crippen LogP contribution in [0.2, 0.25) is 5.02 Å².